The minimum atomic E-state index is -0.0500. The van der Waals surface area contributed by atoms with E-state index in [1.165, 1.54) is 16.9 Å². The summed E-state index contributed by atoms with van der Waals surface area (Å²) in [6.45, 7) is 7.12. The van der Waals surface area contributed by atoms with Crippen LogP contribution in [0.4, 0.5) is 5.13 Å². The van der Waals surface area contributed by atoms with Crippen LogP contribution < -0.4 is 9.64 Å². The Morgan fingerprint density at radius 1 is 1.00 bits per heavy atom. The second kappa shape index (κ2) is 8.67. The van der Waals surface area contributed by atoms with Crippen molar-refractivity contribution in [2.45, 2.75) is 27.3 Å². The minimum Gasteiger partial charge on any atom is -0.494 e. The average Bonchev–Trinajstić information content (AvgIpc) is 3.17. The Morgan fingerprint density at radius 2 is 1.80 bits per heavy atom. The normalized spacial score (nSPS) is 10.9. The van der Waals surface area contributed by atoms with Crippen LogP contribution in [0.25, 0.3) is 10.2 Å². The molecule has 0 fully saturated rings. The molecule has 0 aliphatic rings. The number of amides is 1. The second-order valence-corrected chi connectivity index (χ2v) is 8.24. The van der Waals surface area contributed by atoms with Gasteiger partial charge >= 0.3 is 0 Å². The minimum absolute atomic E-state index is 0.0500. The van der Waals surface area contributed by atoms with Gasteiger partial charge < -0.3 is 4.74 Å². The first-order chi connectivity index (χ1) is 14.5. The first kappa shape index (κ1) is 20.1. The highest BCUT2D eigenvalue weighted by molar-refractivity contribution is 7.22. The van der Waals surface area contributed by atoms with Crippen LogP contribution in [0.5, 0.6) is 5.75 Å². The van der Waals surface area contributed by atoms with E-state index in [1.807, 2.05) is 80.6 Å². The number of aromatic nitrogens is 1. The van der Waals surface area contributed by atoms with E-state index in [0.717, 1.165) is 27.1 Å². The second-order valence-electron chi connectivity index (χ2n) is 7.23. The van der Waals surface area contributed by atoms with Crippen molar-refractivity contribution < 1.29 is 9.53 Å². The van der Waals surface area contributed by atoms with Crippen molar-refractivity contribution in [3.05, 3.63) is 89.0 Å². The number of carbonyl (C=O) groups is 1. The Kier molecular flexibility index (Phi) is 5.81. The van der Waals surface area contributed by atoms with Crippen molar-refractivity contribution in [1.29, 1.82) is 0 Å². The number of hydrogen-bond donors (Lipinski definition) is 0. The Labute approximate surface area is 180 Å². The van der Waals surface area contributed by atoms with Crippen LogP contribution in [0, 0.1) is 13.8 Å². The summed E-state index contributed by atoms with van der Waals surface area (Å²) >= 11 is 1.51. The third kappa shape index (κ3) is 4.21. The maximum atomic E-state index is 13.5. The third-order valence-corrected chi connectivity index (χ3v) is 6.11. The molecule has 1 heterocycles. The van der Waals surface area contributed by atoms with Gasteiger partial charge in [0.05, 0.1) is 23.4 Å². The van der Waals surface area contributed by atoms with Crippen LogP contribution in [0.1, 0.15) is 34.0 Å². The highest BCUT2D eigenvalue weighted by Gasteiger charge is 2.22. The number of fused-ring (bicyclic) bond motifs is 1. The molecular weight excluding hydrogens is 392 g/mol. The van der Waals surface area contributed by atoms with E-state index in [1.54, 1.807) is 4.90 Å². The first-order valence-corrected chi connectivity index (χ1v) is 10.8. The Bertz CT molecular complexity index is 1180. The lowest BCUT2D eigenvalue weighted by molar-refractivity contribution is 0.0985. The van der Waals surface area contributed by atoms with Gasteiger partial charge in [-0.1, -0.05) is 47.7 Å². The van der Waals surface area contributed by atoms with Crippen molar-refractivity contribution in [3.8, 4) is 5.75 Å². The van der Waals surface area contributed by atoms with Crippen LogP contribution >= 0.6 is 11.3 Å². The van der Waals surface area contributed by atoms with Crippen LogP contribution in [0.15, 0.2) is 66.7 Å². The molecule has 0 bridgehead atoms. The number of nitrogens with zero attached hydrogens (tertiary/aromatic N) is 2. The zero-order valence-corrected chi connectivity index (χ0v) is 18.2. The summed E-state index contributed by atoms with van der Waals surface area (Å²) in [4.78, 5) is 20.1. The molecule has 0 atom stereocenters. The molecule has 1 aromatic heterocycles. The number of anilines is 1. The van der Waals surface area contributed by atoms with Crippen LogP contribution in [0.2, 0.25) is 0 Å². The molecule has 0 spiro atoms. The molecule has 0 unspecified atom stereocenters. The first-order valence-electron chi connectivity index (χ1n) is 10.0. The van der Waals surface area contributed by atoms with E-state index < -0.39 is 0 Å². The van der Waals surface area contributed by atoms with Gasteiger partial charge in [0.15, 0.2) is 5.13 Å². The number of thiazole rings is 1. The van der Waals surface area contributed by atoms with Crippen molar-refractivity contribution in [1.82, 2.24) is 4.98 Å². The van der Waals surface area contributed by atoms with Crippen molar-refractivity contribution in [2.24, 2.45) is 0 Å². The number of carbonyl (C=O) groups excluding carboxylic acids is 1. The third-order valence-electron chi connectivity index (χ3n) is 5.07. The monoisotopic (exact) mass is 416 g/mol. The molecular formula is C25H24N2O2S. The molecule has 0 radical (unpaired) electrons. The van der Waals surface area contributed by atoms with Gasteiger partial charge in [0.2, 0.25) is 0 Å². The summed E-state index contributed by atoms with van der Waals surface area (Å²) < 4.78 is 6.62. The Balaban J connectivity index is 1.75. The van der Waals surface area contributed by atoms with E-state index in [-0.39, 0.29) is 5.91 Å². The van der Waals surface area contributed by atoms with Crippen LogP contribution in [-0.2, 0) is 6.54 Å². The largest absolute Gasteiger partial charge is 0.494 e. The number of benzene rings is 3. The number of ether oxygens (including phenoxy) is 1. The van der Waals surface area contributed by atoms with Crippen LogP contribution in [0.3, 0.4) is 0 Å². The van der Waals surface area contributed by atoms with Crippen LogP contribution in [-0.4, -0.2) is 17.5 Å². The average molecular weight is 417 g/mol. The lowest BCUT2D eigenvalue weighted by atomic mass is 10.1. The summed E-state index contributed by atoms with van der Waals surface area (Å²) in [5.41, 5.74) is 4.87. The smallest absolute Gasteiger partial charge is 0.260 e. The highest BCUT2D eigenvalue weighted by atomic mass is 32.1. The Hall–Kier alpha value is -3.18. The SMILES string of the molecule is CCOc1ccc2nc(N(Cc3ccccc3)C(=O)c3ccc(C)c(C)c3)sc2c1. The predicted molar refractivity (Wildman–Crippen MR) is 124 cm³/mol. The molecule has 0 aliphatic heterocycles. The van der Waals surface area contributed by atoms with E-state index in [4.69, 9.17) is 9.72 Å². The molecule has 0 saturated heterocycles. The predicted octanol–water partition coefficient (Wildman–Crippen LogP) is 6.16. The summed E-state index contributed by atoms with van der Waals surface area (Å²) in [5.74, 6) is 0.765. The fourth-order valence-electron chi connectivity index (χ4n) is 3.29. The van der Waals surface area contributed by atoms with E-state index in [2.05, 4.69) is 6.92 Å². The van der Waals surface area contributed by atoms with Gasteiger partial charge in [-0.15, -0.1) is 0 Å². The number of rotatable bonds is 6. The fraction of sp³-hybridized carbons (Fsp3) is 0.200. The van der Waals surface area contributed by atoms with Gasteiger partial charge in [0, 0.05) is 5.56 Å². The van der Waals surface area contributed by atoms with Gasteiger partial charge in [-0.3, -0.25) is 9.69 Å². The molecule has 152 valence electrons. The summed E-state index contributed by atoms with van der Waals surface area (Å²) in [7, 11) is 0. The number of hydrogen-bond acceptors (Lipinski definition) is 4. The van der Waals surface area contributed by atoms with Gasteiger partial charge in [-0.05, 0) is 67.8 Å². The number of aryl methyl sites for hydroxylation is 2. The van der Waals surface area contributed by atoms with Gasteiger partial charge in [0.25, 0.3) is 5.91 Å². The maximum Gasteiger partial charge on any atom is 0.260 e. The molecule has 3 aromatic carbocycles. The van der Waals surface area contributed by atoms with E-state index >= 15 is 0 Å². The van der Waals surface area contributed by atoms with E-state index in [9.17, 15) is 4.79 Å². The van der Waals surface area contributed by atoms with Crippen molar-refractivity contribution >= 4 is 32.6 Å². The molecule has 1 amide bonds. The summed E-state index contributed by atoms with van der Waals surface area (Å²) in [6, 6.07) is 21.7. The van der Waals surface area contributed by atoms with Gasteiger partial charge in [-0.2, -0.15) is 0 Å². The maximum absolute atomic E-state index is 13.5. The molecule has 4 aromatic rings. The molecule has 4 rings (SSSR count). The molecule has 0 N–H and O–H groups in total. The van der Waals surface area contributed by atoms with Gasteiger partial charge in [-0.25, -0.2) is 4.98 Å². The molecule has 0 saturated carbocycles. The Morgan fingerprint density at radius 3 is 2.53 bits per heavy atom. The topological polar surface area (TPSA) is 42.4 Å². The lowest BCUT2D eigenvalue weighted by Gasteiger charge is -2.20. The van der Waals surface area contributed by atoms with E-state index in [0.29, 0.717) is 23.8 Å². The fourth-order valence-corrected chi connectivity index (χ4v) is 4.28. The molecule has 30 heavy (non-hydrogen) atoms. The van der Waals surface area contributed by atoms with Crippen molar-refractivity contribution in [2.75, 3.05) is 11.5 Å². The molecule has 4 nitrogen and oxygen atoms in total. The zero-order chi connectivity index (χ0) is 21.1. The lowest BCUT2D eigenvalue weighted by Crippen LogP contribution is -2.30. The van der Waals surface area contributed by atoms with Crippen molar-refractivity contribution in [3.63, 3.8) is 0 Å². The quantitative estimate of drug-likeness (QED) is 0.378. The zero-order valence-electron chi connectivity index (χ0n) is 17.4. The van der Waals surface area contributed by atoms with Gasteiger partial charge in [0.1, 0.15) is 5.75 Å². The summed E-state index contributed by atoms with van der Waals surface area (Å²) in [5, 5.41) is 0.686. The highest BCUT2D eigenvalue weighted by Crippen LogP contribution is 2.33. The molecule has 0 aliphatic carbocycles. The summed E-state index contributed by atoms with van der Waals surface area (Å²) in [6.07, 6.45) is 0. The standard InChI is InChI=1S/C25H24N2O2S/c1-4-29-21-12-13-22-23(15-21)30-25(26-22)27(16-19-8-6-5-7-9-19)24(28)20-11-10-17(2)18(3)14-20/h5-15H,4,16H2,1-3H3. The molecule has 5 heteroatoms.